The molecule has 0 aliphatic heterocycles. The molecule has 1 rings (SSSR count). The highest BCUT2D eigenvalue weighted by molar-refractivity contribution is 7.89. The summed E-state index contributed by atoms with van der Waals surface area (Å²) in [7, 11) is -3.67. The maximum absolute atomic E-state index is 12.8. The fraction of sp³-hybridized carbons (Fsp3) is 0.677. The van der Waals surface area contributed by atoms with Crippen molar-refractivity contribution >= 4 is 34.1 Å². The van der Waals surface area contributed by atoms with Gasteiger partial charge in [0.1, 0.15) is 35.2 Å². The Morgan fingerprint density at radius 2 is 1.30 bits per heavy atom. The fourth-order valence-corrected chi connectivity index (χ4v) is 4.81. The number of carbonyl (C=O) groups is 3. The van der Waals surface area contributed by atoms with E-state index in [9.17, 15) is 22.8 Å². The van der Waals surface area contributed by atoms with E-state index in [4.69, 9.17) is 23.8 Å². The minimum Gasteiger partial charge on any atom is -0.493 e. The Bertz CT molecular complexity index is 1230. The summed E-state index contributed by atoms with van der Waals surface area (Å²) in [5.41, 5.74) is -1.62. The fourth-order valence-electron chi connectivity index (χ4n) is 3.41. The second-order valence-electron chi connectivity index (χ2n) is 13.5. The molecule has 14 nitrogen and oxygen atoms in total. The van der Waals surface area contributed by atoms with Crippen LogP contribution in [0.3, 0.4) is 0 Å². The minimum atomic E-state index is -3.67. The monoisotopic (exact) mass is 672 g/mol. The molecule has 46 heavy (non-hydrogen) atoms. The highest BCUT2D eigenvalue weighted by Gasteiger charge is 2.29. The number of guanidine groups is 1. The number of hydrogen-bond acceptors (Lipinski definition) is 11. The van der Waals surface area contributed by atoms with Gasteiger partial charge in [-0.05, 0) is 98.0 Å². The molecule has 0 radical (unpaired) electrons. The SMILES string of the molecule is CCCCS(=O)(=O)N[C@@H](Cc1ccc(OCCCON=C(NC(=O)OC(C)(C)C)NC(=O)OC(C)(C)C)cc1)C(=O)OC(C)(C)C. The quantitative estimate of drug-likeness (QED) is 0.0623. The minimum absolute atomic E-state index is 0.0770. The number of hydrogen-bond donors (Lipinski definition) is 3. The van der Waals surface area contributed by atoms with Crippen LogP contribution in [0.5, 0.6) is 5.75 Å². The van der Waals surface area contributed by atoms with Crippen LogP contribution in [0.15, 0.2) is 29.4 Å². The third-order valence-electron chi connectivity index (χ3n) is 5.19. The molecule has 0 aromatic heterocycles. The van der Waals surface area contributed by atoms with Crippen molar-refractivity contribution in [2.45, 2.75) is 118 Å². The standard InChI is InChI=1S/C31H52N4O10S/c1-11-12-20-46(39,40)35-24(25(36)43-29(2,3)4)21-22-14-16-23(17-15-22)41-18-13-19-42-34-26(32-27(37)44-30(5,6)7)33-28(38)45-31(8,9)10/h14-17,24,35H,11-13,18-21H2,1-10H3,(H2,32,33,34,37,38)/t24-/m0/s1. The molecule has 15 heteroatoms. The summed E-state index contributed by atoms with van der Waals surface area (Å²) in [5.74, 6) is -0.492. The summed E-state index contributed by atoms with van der Waals surface area (Å²) in [6.07, 6.45) is -0.00209. The molecule has 0 heterocycles. The van der Waals surface area contributed by atoms with Crippen LogP contribution in [-0.4, -0.2) is 74.3 Å². The summed E-state index contributed by atoms with van der Waals surface area (Å²) in [4.78, 5) is 42.4. The van der Waals surface area contributed by atoms with Crippen molar-refractivity contribution in [3.63, 3.8) is 0 Å². The second-order valence-corrected chi connectivity index (χ2v) is 15.3. The van der Waals surface area contributed by atoms with Crippen LogP contribution in [0.25, 0.3) is 0 Å². The van der Waals surface area contributed by atoms with Gasteiger partial charge in [-0.25, -0.2) is 22.7 Å². The van der Waals surface area contributed by atoms with Crippen molar-refractivity contribution in [1.29, 1.82) is 0 Å². The molecule has 0 aliphatic carbocycles. The first-order valence-corrected chi connectivity index (χ1v) is 16.9. The largest absolute Gasteiger partial charge is 0.493 e. The number of esters is 1. The van der Waals surface area contributed by atoms with Crippen molar-refractivity contribution < 1.29 is 46.6 Å². The molecule has 0 saturated carbocycles. The topological polar surface area (TPSA) is 180 Å². The number of unbranched alkanes of at least 4 members (excludes halogenated alkanes) is 1. The van der Waals surface area contributed by atoms with Crippen LogP contribution in [0.1, 0.15) is 94.1 Å². The lowest BCUT2D eigenvalue weighted by Gasteiger charge is -2.24. The Hall–Kier alpha value is -3.59. The molecule has 1 aromatic carbocycles. The van der Waals surface area contributed by atoms with Crippen LogP contribution in [-0.2, 0) is 40.3 Å². The molecular formula is C31H52N4O10S. The zero-order chi connectivity index (χ0) is 35.2. The van der Waals surface area contributed by atoms with E-state index in [1.165, 1.54) is 0 Å². The smallest absolute Gasteiger partial charge is 0.414 e. The normalized spacial score (nSPS) is 12.7. The molecule has 0 bridgehead atoms. The first kappa shape index (κ1) is 40.4. The Morgan fingerprint density at radius 3 is 1.78 bits per heavy atom. The molecular weight excluding hydrogens is 620 g/mol. The zero-order valence-corrected chi connectivity index (χ0v) is 29.6. The van der Waals surface area contributed by atoms with Crippen LogP contribution in [0, 0.1) is 0 Å². The van der Waals surface area contributed by atoms with Crippen LogP contribution >= 0.6 is 0 Å². The van der Waals surface area contributed by atoms with Crippen LogP contribution in [0.4, 0.5) is 9.59 Å². The Morgan fingerprint density at radius 1 is 0.783 bits per heavy atom. The van der Waals surface area contributed by atoms with E-state index in [0.29, 0.717) is 30.6 Å². The van der Waals surface area contributed by atoms with Gasteiger partial charge in [-0.1, -0.05) is 25.5 Å². The van der Waals surface area contributed by atoms with E-state index in [1.54, 1.807) is 86.6 Å². The summed E-state index contributed by atoms with van der Waals surface area (Å²) < 4.78 is 49.1. The second kappa shape index (κ2) is 17.9. The van der Waals surface area contributed by atoms with Gasteiger partial charge in [0.15, 0.2) is 0 Å². The van der Waals surface area contributed by atoms with Gasteiger partial charge in [0.2, 0.25) is 10.0 Å². The van der Waals surface area contributed by atoms with Gasteiger partial charge in [0.25, 0.3) is 5.96 Å². The highest BCUT2D eigenvalue weighted by atomic mass is 32.2. The predicted molar refractivity (Wildman–Crippen MR) is 174 cm³/mol. The van der Waals surface area contributed by atoms with Gasteiger partial charge >= 0.3 is 18.2 Å². The van der Waals surface area contributed by atoms with Crippen molar-refractivity contribution in [3.8, 4) is 5.75 Å². The number of oxime groups is 1. The molecule has 262 valence electrons. The Balaban J connectivity index is 2.75. The number of sulfonamides is 1. The molecule has 0 fully saturated rings. The van der Waals surface area contributed by atoms with Gasteiger partial charge in [-0.15, -0.1) is 0 Å². The summed E-state index contributed by atoms with van der Waals surface area (Å²) in [5, 5.41) is 8.41. The Kier molecular flexibility index (Phi) is 15.8. The van der Waals surface area contributed by atoms with Crippen molar-refractivity contribution in [2.75, 3.05) is 19.0 Å². The van der Waals surface area contributed by atoms with Crippen LogP contribution in [0.2, 0.25) is 0 Å². The number of carbonyl (C=O) groups excluding carboxylic acids is 3. The van der Waals surface area contributed by atoms with Gasteiger partial charge in [-0.3, -0.25) is 15.4 Å². The third kappa shape index (κ3) is 19.7. The van der Waals surface area contributed by atoms with E-state index in [-0.39, 0.29) is 31.3 Å². The maximum Gasteiger partial charge on any atom is 0.414 e. The molecule has 2 amide bonds. The first-order chi connectivity index (χ1) is 21.1. The summed E-state index contributed by atoms with van der Waals surface area (Å²) in [6.45, 7) is 17.5. The van der Waals surface area contributed by atoms with Crippen molar-refractivity contribution in [3.05, 3.63) is 29.8 Å². The van der Waals surface area contributed by atoms with E-state index in [2.05, 4.69) is 20.5 Å². The zero-order valence-electron chi connectivity index (χ0n) is 28.8. The van der Waals surface area contributed by atoms with Gasteiger partial charge < -0.3 is 23.8 Å². The average molecular weight is 673 g/mol. The van der Waals surface area contributed by atoms with Crippen molar-refractivity contribution in [2.24, 2.45) is 5.16 Å². The maximum atomic E-state index is 12.8. The number of benzene rings is 1. The number of amides is 2. The van der Waals surface area contributed by atoms with Crippen molar-refractivity contribution in [1.82, 2.24) is 15.4 Å². The molecule has 0 spiro atoms. The molecule has 0 saturated heterocycles. The lowest BCUT2D eigenvalue weighted by Crippen LogP contribution is -2.47. The highest BCUT2D eigenvalue weighted by Crippen LogP contribution is 2.17. The summed E-state index contributed by atoms with van der Waals surface area (Å²) >= 11 is 0. The molecule has 3 N–H and O–H groups in total. The van der Waals surface area contributed by atoms with E-state index >= 15 is 0 Å². The predicted octanol–water partition coefficient (Wildman–Crippen LogP) is 4.76. The average Bonchev–Trinajstić information content (AvgIpc) is 2.86. The first-order valence-electron chi connectivity index (χ1n) is 15.2. The van der Waals surface area contributed by atoms with E-state index < -0.39 is 51.0 Å². The third-order valence-corrected chi connectivity index (χ3v) is 6.66. The van der Waals surface area contributed by atoms with E-state index in [1.807, 2.05) is 6.92 Å². The van der Waals surface area contributed by atoms with Gasteiger partial charge in [0, 0.05) is 6.42 Å². The number of ether oxygens (including phenoxy) is 4. The van der Waals surface area contributed by atoms with E-state index in [0.717, 1.165) is 0 Å². The number of alkyl carbamates (subject to hydrolysis) is 2. The van der Waals surface area contributed by atoms with Gasteiger partial charge in [0.05, 0.1) is 12.4 Å². The lowest BCUT2D eigenvalue weighted by atomic mass is 10.1. The number of nitrogens with one attached hydrogen (secondary N) is 3. The van der Waals surface area contributed by atoms with Gasteiger partial charge in [-0.2, -0.15) is 0 Å². The molecule has 1 aromatic rings. The number of rotatable bonds is 14. The van der Waals surface area contributed by atoms with Crippen LogP contribution < -0.4 is 20.1 Å². The molecule has 1 atom stereocenters. The number of nitrogens with zero attached hydrogens (tertiary/aromatic N) is 1. The molecule has 0 unspecified atom stereocenters. The lowest BCUT2D eigenvalue weighted by molar-refractivity contribution is -0.156. The molecule has 0 aliphatic rings. The Labute approximate surface area is 273 Å². The summed E-state index contributed by atoms with van der Waals surface area (Å²) in [6, 6.07) is 5.82.